The average Bonchev–Trinajstić information content (AvgIpc) is 2.63. The Labute approximate surface area is 167 Å². The molecule has 0 spiro atoms. The summed E-state index contributed by atoms with van der Waals surface area (Å²) in [5, 5.41) is 14.7. The lowest BCUT2D eigenvalue weighted by Gasteiger charge is -2.28. The van der Waals surface area contributed by atoms with Crippen LogP contribution in [0.4, 0.5) is 0 Å². The number of rotatable bonds is 7. The second-order valence-corrected chi connectivity index (χ2v) is 7.36. The lowest BCUT2D eigenvalue weighted by atomic mass is 9.76. The van der Waals surface area contributed by atoms with Crippen molar-refractivity contribution in [3.05, 3.63) is 45.2 Å². The van der Waals surface area contributed by atoms with Gasteiger partial charge in [0.25, 0.3) is 0 Å². The van der Waals surface area contributed by atoms with Gasteiger partial charge in [-0.2, -0.15) is 0 Å². The van der Waals surface area contributed by atoms with Crippen molar-refractivity contribution in [2.24, 2.45) is 5.16 Å². The van der Waals surface area contributed by atoms with Crippen LogP contribution in [0.1, 0.15) is 85.0 Å². The second-order valence-electron chi connectivity index (χ2n) is 7.36. The third-order valence-electron chi connectivity index (χ3n) is 5.41. The molecule has 1 aliphatic rings. The minimum Gasteiger partial charge on any atom is -0.511 e. The highest BCUT2D eigenvalue weighted by atomic mass is 16.6. The highest BCUT2D eigenvalue weighted by molar-refractivity contribution is 6.23. The first-order chi connectivity index (χ1) is 13.3. The van der Waals surface area contributed by atoms with E-state index in [9.17, 15) is 14.7 Å². The molecule has 0 fully saturated rings. The number of hydrogen-bond donors (Lipinski definition) is 1. The van der Waals surface area contributed by atoms with E-state index in [-0.39, 0.29) is 29.7 Å². The summed E-state index contributed by atoms with van der Waals surface area (Å²) >= 11 is 0. The molecule has 5 heteroatoms. The summed E-state index contributed by atoms with van der Waals surface area (Å²) in [7, 11) is 0. The zero-order chi connectivity index (χ0) is 21.0. The van der Waals surface area contributed by atoms with E-state index in [2.05, 4.69) is 5.16 Å². The lowest BCUT2D eigenvalue weighted by molar-refractivity contribution is -0.116. The number of hydrogen-bond acceptors (Lipinski definition) is 5. The molecule has 0 amide bonds. The molecule has 1 aliphatic carbocycles. The van der Waals surface area contributed by atoms with Crippen molar-refractivity contribution in [1.29, 1.82) is 0 Å². The molecule has 0 aliphatic heterocycles. The maximum Gasteiger partial charge on any atom is 0.168 e. The van der Waals surface area contributed by atoms with Gasteiger partial charge in [-0.25, -0.2) is 0 Å². The van der Waals surface area contributed by atoms with Crippen LogP contribution < -0.4 is 0 Å². The maximum atomic E-state index is 12.9. The summed E-state index contributed by atoms with van der Waals surface area (Å²) in [4.78, 5) is 30.5. The van der Waals surface area contributed by atoms with E-state index in [1.807, 2.05) is 47.6 Å². The first-order valence-electron chi connectivity index (χ1n) is 10.0. The summed E-state index contributed by atoms with van der Waals surface area (Å²) in [5.41, 5.74) is 5.47. The van der Waals surface area contributed by atoms with Crippen molar-refractivity contribution >= 4 is 17.3 Å². The summed E-state index contributed by atoms with van der Waals surface area (Å²) in [6, 6.07) is 2.01. The normalized spacial score (nSPS) is 17.9. The van der Waals surface area contributed by atoms with Gasteiger partial charge in [0, 0.05) is 24.8 Å². The smallest absolute Gasteiger partial charge is 0.168 e. The van der Waals surface area contributed by atoms with E-state index in [4.69, 9.17) is 4.84 Å². The molecule has 0 heterocycles. The number of allylic oxidation sites excluding steroid dienone is 2. The van der Waals surface area contributed by atoms with E-state index in [1.54, 1.807) is 0 Å². The standard InChI is InChI=1S/C23H31NO4/c1-7-17(24-28-9-3)23-19(26)11-16(12-20(23)27)21-13(4)10-14(5)22(15(21)6)18(25)8-2/h10,16,26H,7-9,11-12H2,1-6H3. The molecule has 5 nitrogen and oxygen atoms in total. The molecule has 1 aromatic carbocycles. The first kappa shape index (κ1) is 21.9. The first-order valence-corrected chi connectivity index (χ1v) is 10.0. The Morgan fingerprint density at radius 3 is 2.36 bits per heavy atom. The summed E-state index contributed by atoms with van der Waals surface area (Å²) < 4.78 is 0. The molecule has 0 saturated carbocycles. The third kappa shape index (κ3) is 4.18. The van der Waals surface area contributed by atoms with Crippen LogP contribution >= 0.6 is 0 Å². The lowest BCUT2D eigenvalue weighted by Crippen LogP contribution is -2.25. The maximum absolute atomic E-state index is 12.9. The van der Waals surface area contributed by atoms with Gasteiger partial charge < -0.3 is 9.94 Å². The van der Waals surface area contributed by atoms with Gasteiger partial charge in [-0.1, -0.05) is 25.1 Å². The van der Waals surface area contributed by atoms with Crippen LogP contribution in [0.5, 0.6) is 0 Å². The minimum atomic E-state index is -0.148. The fraction of sp³-hybridized carbons (Fsp3) is 0.522. The molecule has 1 aromatic rings. The van der Waals surface area contributed by atoms with Gasteiger partial charge in [0.15, 0.2) is 11.6 Å². The highest BCUT2D eigenvalue weighted by Gasteiger charge is 2.33. The Bertz CT molecular complexity index is 849. The van der Waals surface area contributed by atoms with Crippen LogP contribution in [0.3, 0.4) is 0 Å². The van der Waals surface area contributed by atoms with Crippen molar-refractivity contribution < 1.29 is 19.5 Å². The number of benzene rings is 1. The number of ketones is 2. The van der Waals surface area contributed by atoms with Gasteiger partial charge in [0.05, 0.1) is 11.3 Å². The highest BCUT2D eigenvalue weighted by Crippen LogP contribution is 2.39. The molecule has 1 atom stereocenters. The number of aliphatic hydroxyl groups excluding tert-OH is 1. The topological polar surface area (TPSA) is 76.0 Å². The number of nitrogens with zero attached hydrogens (tertiary/aromatic N) is 1. The number of aliphatic hydroxyl groups is 1. The molecular weight excluding hydrogens is 354 g/mol. The predicted molar refractivity (Wildman–Crippen MR) is 111 cm³/mol. The minimum absolute atomic E-state index is 0.0595. The predicted octanol–water partition coefficient (Wildman–Crippen LogP) is 5.27. The number of carbonyl (C=O) groups is 2. The Morgan fingerprint density at radius 2 is 1.82 bits per heavy atom. The van der Waals surface area contributed by atoms with Crippen molar-refractivity contribution in [2.75, 3.05) is 6.61 Å². The SMILES string of the molecule is CCON=C(CC)C1=C(O)CC(c2c(C)cc(C)c(C(=O)CC)c2C)CC1=O. The van der Waals surface area contributed by atoms with Crippen molar-refractivity contribution in [2.45, 2.75) is 73.1 Å². The van der Waals surface area contributed by atoms with Crippen molar-refractivity contribution in [3.63, 3.8) is 0 Å². The van der Waals surface area contributed by atoms with Gasteiger partial charge in [-0.15, -0.1) is 0 Å². The van der Waals surface area contributed by atoms with Gasteiger partial charge >= 0.3 is 0 Å². The number of aryl methyl sites for hydroxylation is 2. The molecule has 152 valence electrons. The average molecular weight is 386 g/mol. The van der Waals surface area contributed by atoms with Crippen LogP contribution in [-0.4, -0.2) is 29.0 Å². The molecule has 2 rings (SSSR count). The molecule has 0 radical (unpaired) electrons. The zero-order valence-electron chi connectivity index (χ0n) is 17.8. The number of Topliss-reactive ketones (excluding diaryl/α,β-unsaturated/α-hetero) is 2. The van der Waals surface area contributed by atoms with E-state index < -0.39 is 0 Å². The van der Waals surface area contributed by atoms with E-state index in [0.29, 0.717) is 37.2 Å². The number of oxime groups is 1. The fourth-order valence-corrected chi connectivity index (χ4v) is 4.29. The van der Waals surface area contributed by atoms with Crippen LogP contribution in [-0.2, 0) is 9.63 Å². The summed E-state index contributed by atoms with van der Waals surface area (Å²) in [6.45, 7) is 11.9. The molecule has 1 N–H and O–H groups in total. The van der Waals surface area contributed by atoms with Crippen LogP contribution in [0.25, 0.3) is 0 Å². The monoisotopic (exact) mass is 385 g/mol. The second kappa shape index (κ2) is 9.18. The van der Waals surface area contributed by atoms with Gasteiger partial charge in [-0.3, -0.25) is 9.59 Å². The molecule has 0 bridgehead atoms. The van der Waals surface area contributed by atoms with Gasteiger partial charge in [-0.05, 0) is 62.3 Å². The van der Waals surface area contributed by atoms with Crippen LogP contribution in [0, 0.1) is 20.8 Å². The Morgan fingerprint density at radius 1 is 1.14 bits per heavy atom. The molecule has 0 saturated heterocycles. The molecule has 0 aromatic heterocycles. The van der Waals surface area contributed by atoms with Crippen LogP contribution in [0.15, 0.2) is 22.6 Å². The largest absolute Gasteiger partial charge is 0.511 e. The van der Waals surface area contributed by atoms with E-state index >= 15 is 0 Å². The van der Waals surface area contributed by atoms with Crippen molar-refractivity contribution in [1.82, 2.24) is 0 Å². The summed E-state index contributed by atoms with van der Waals surface area (Å²) in [6.07, 6.45) is 1.59. The Balaban J connectivity index is 2.51. The van der Waals surface area contributed by atoms with Crippen LogP contribution in [0.2, 0.25) is 0 Å². The van der Waals surface area contributed by atoms with Gasteiger partial charge in [0.2, 0.25) is 0 Å². The Kier molecular flexibility index (Phi) is 7.17. The molecule has 28 heavy (non-hydrogen) atoms. The molecular formula is C23H31NO4. The third-order valence-corrected chi connectivity index (χ3v) is 5.41. The van der Waals surface area contributed by atoms with E-state index in [1.165, 1.54) is 0 Å². The summed E-state index contributed by atoms with van der Waals surface area (Å²) in [5.74, 6) is -0.109. The quantitative estimate of drug-likeness (QED) is 0.394. The molecule has 1 unspecified atom stereocenters. The van der Waals surface area contributed by atoms with Crippen molar-refractivity contribution in [3.8, 4) is 0 Å². The fourth-order valence-electron chi connectivity index (χ4n) is 4.29. The van der Waals surface area contributed by atoms with E-state index in [0.717, 1.165) is 27.8 Å². The van der Waals surface area contributed by atoms with Gasteiger partial charge in [0.1, 0.15) is 12.4 Å². The number of carbonyl (C=O) groups excluding carboxylic acids is 2. The zero-order valence-corrected chi connectivity index (χ0v) is 17.8. The Hall–Kier alpha value is -2.43.